The number of rotatable bonds is 15. The van der Waals surface area contributed by atoms with Crippen molar-refractivity contribution in [1.29, 1.82) is 0 Å². The molecule has 0 aromatic heterocycles. The second kappa shape index (κ2) is 14.2. The number of carboxylic acid groups (broad SMARTS) is 2. The van der Waals surface area contributed by atoms with Gasteiger partial charge < -0.3 is 20.8 Å². The van der Waals surface area contributed by atoms with Gasteiger partial charge in [0.1, 0.15) is 11.1 Å². The minimum absolute atomic E-state index is 0.0388. The van der Waals surface area contributed by atoms with Crippen molar-refractivity contribution in [2.24, 2.45) is 5.41 Å². The highest BCUT2D eigenvalue weighted by Gasteiger charge is 2.62. The number of piperidine rings is 2. The van der Waals surface area contributed by atoms with E-state index in [0.717, 1.165) is 16.2 Å². The Morgan fingerprint density at radius 3 is 1.29 bits per heavy atom. The van der Waals surface area contributed by atoms with Crippen molar-refractivity contribution in [3.63, 3.8) is 0 Å². The molecule has 4 aliphatic rings. The fraction of sp³-hybridized carbons (Fsp3) is 0.842. The molecule has 6 amide bonds. The van der Waals surface area contributed by atoms with Gasteiger partial charge >= 0.3 is 24.0 Å². The summed E-state index contributed by atoms with van der Waals surface area (Å²) in [5, 5.41) is 25.8. The number of hydrogen-bond acceptors (Lipinski definition) is 8. The topological polar surface area (TPSA) is 180 Å². The number of urea groups is 2. The van der Waals surface area contributed by atoms with E-state index in [9.17, 15) is 33.9 Å². The Bertz CT molecular complexity index is 1330. The van der Waals surface area contributed by atoms with Crippen LogP contribution in [0.2, 0.25) is 0 Å². The average molecular weight is 733 g/mol. The second-order valence-corrected chi connectivity index (χ2v) is 18.8. The summed E-state index contributed by atoms with van der Waals surface area (Å²) < 4.78 is 0. The third-order valence-electron chi connectivity index (χ3n) is 13.2. The first-order valence-electron chi connectivity index (χ1n) is 19.0. The molecule has 4 rings (SSSR count). The third-order valence-corrected chi connectivity index (χ3v) is 13.2. The normalized spacial score (nSPS) is 24.8. The SMILES string of the molecule is CN1C(C)(C)CC2(CC1(C)C)NC(=O)N(CCC(CCCCCCCC(=O)O)(CCN1C(=O)NC3(CC(C)(C)N(C)C(C)(C)C3)C1=O)C(=O)O)C2=O. The van der Waals surface area contributed by atoms with Gasteiger partial charge in [-0.3, -0.25) is 38.8 Å². The predicted octanol–water partition coefficient (Wildman–Crippen LogP) is 4.80. The number of nitrogens with one attached hydrogen (secondary N) is 2. The Morgan fingerprint density at radius 1 is 0.596 bits per heavy atom. The standard InChI is InChI=1S/C38H64N6O8/c1-32(2)22-37(23-33(3,4)41(32)9)27(47)43(30(51)39-37)20-18-36(29(49)50,17-15-13-11-12-14-16-26(45)46)19-21-44-28(48)38(40-31(44)52)24-34(5,6)42(10)35(7,8)25-38/h11-25H2,1-10H3,(H,39,51)(H,40,52)(H,45,46)(H,49,50). The van der Waals surface area contributed by atoms with Crippen molar-refractivity contribution in [2.45, 2.75) is 172 Å². The zero-order valence-electron chi connectivity index (χ0n) is 33.2. The maximum Gasteiger partial charge on any atom is 0.325 e. The number of nitrogens with zero attached hydrogens (tertiary/aromatic N) is 4. The first kappa shape index (κ1) is 41.5. The molecule has 4 aliphatic heterocycles. The lowest BCUT2D eigenvalue weighted by Gasteiger charge is -2.56. The number of amides is 6. The lowest BCUT2D eigenvalue weighted by Crippen LogP contribution is -2.68. The van der Waals surface area contributed by atoms with Gasteiger partial charge in [-0.25, -0.2) is 9.59 Å². The molecular weight excluding hydrogens is 668 g/mol. The molecule has 0 radical (unpaired) electrons. The van der Waals surface area contributed by atoms with Crippen molar-refractivity contribution in [2.75, 3.05) is 27.2 Å². The van der Waals surface area contributed by atoms with Gasteiger partial charge in [-0.05, 0) is 121 Å². The Morgan fingerprint density at radius 2 is 0.942 bits per heavy atom. The molecule has 4 saturated heterocycles. The summed E-state index contributed by atoms with van der Waals surface area (Å²) in [6.45, 7) is 16.1. The van der Waals surface area contributed by atoms with E-state index in [2.05, 4.69) is 20.4 Å². The second-order valence-electron chi connectivity index (χ2n) is 18.8. The smallest absolute Gasteiger partial charge is 0.325 e. The van der Waals surface area contributed by atoms with E-state index < -0.39 is 62.6 Å². The molecule has 0 aromatic carbocycles. The molecular formula is C38H64N6O8. The number of unbranched alkanes of at least 4 members (excludes halogenated alkanes) is 4. The Balaban J connectivity index is 1.55. The van der Waals surface area contributed by atoms with E-state index in [1.807, 2.05) is 69.5 Å². The van der Waals surface area contributed by atoms with Gasteiger partial charge in [-0.2, -0.15) is 0 Å². The summed E-state index contributed by atoms with van der Waals surface area (Å²) in [5.41, 5.74) is -5.24. The fourth-order valence-electron chi connectivity index (χ4n) is 10.0. The number of aliphatic carboxylic acids is 2. The summed E-state index contributed by atoms with van der Waals surface area (Å²) in [4.78, 5) is 86.3. The molecule has 52 heavy (non-hydrogen) atoms. The quantitative estimate of drug-likeness (QED) is 0.135. The minimum Gasteiger partial charge on any atom is -0.481 e. The molecule has 14 heteroatoms. The molecule has 0 aromatic rings. The van der Waals surface area contributed by atoms with Crippen LogP contribution in [0.1, 0.15) is 139 Å². The van der Waals surface area contributed by atoms with Crippen LogP contribution < -0.4 is 10.6 Å². The van der Waals surface area contributed by atoms with Crippen LogP contribution in [0.25, 0.3) is 0 Å². The Kier molecular flexibility index (Phi) is 11.3. The number of likely N-dealkylation sites (tertiary alicyclic amines) is 2. The first-order valence-corrected chi connectivity index (χ1v) is 19.0. The van der Waals surface area contributed by atoms with Crippen LogP contribution in [0, 0.1) is 5.41 Å². The van der Waals surface area contributed by atoms with Crippen molar-refractivity contribution < 1.29 is 39.0 Å². The van der Waals surface area contributed by atoms with Gasteiger partial charge in [0.15, 0.2) is 0 Å². The van der Waals surface area contributed by atoms with Crippen LogP contribution in [-0.4, -0.2) is 126 Å². The van der Waals surface area contributed by atoms with Crippen molar-refractivity contribution in [3.05, 3.63) is 0 Å². The molecule has 0 saturated carbocycles. The zero-order valence-corrected chi connectivity index (χ0v) is 33.2. The number of carbonyl (C=O) groups is 6. The van der Waals surface area contributed by atoms with Crippen LogP contribution in [0.15, 0.2) is 0 Å². The van der Waals surface area contributed by atoms with Gasteiger partial charge in [-0.15, -0.1) is 0 Å². The number of hydrogen-bond donors (Lipinski definition) is 4. The highest BCUT2D eigenvalue weighted by atomic mass is 16.4. The lowest BCUT2D eigenvalue weighted by atomic mass is 9.69. The van der Waals surface area contributed by atoms with Gasteiger partial charge in [0.25, 0.3) is 11.8 Å². The molecule has 0 aliphatic carbocycles. The summed E-state index contributed by atoms with van der Waals surface area (Å²) in [7, 11) is 4.03. The highest BCUT2D eigenvalue weighted by molar-refractivity contribution is 6.08. The molecule has 2 spiro atoms. The zero-order chi connectivity index (χ0) is 39.3. The lowest BCUT2D eigenvalue weighted by molar-refractivity contribution is -0.152. The van der Waals surface area contributed by atoms with Crippen molar-refractivity contribution in [3.8, 4) is 0 Å². The predicted molar refractivity (Wildman–Crippen MR) is 196 cm³/mol. The third kappa shape index (κ3) is 7.83. The van der Waals surface area contributed by atoms with Gasteiger partial charge in [0.2, 0.25) is 0 Å². The first-order chi connectivity index (χ1) is 23.8. The van der Waals surface area contributed by atoms with E-state index in [-0.39, 0.29) is 50.6 Å². The van der Waals surface area contributed by atoms with E-state index in [1.54, 1.807) is 0 Å². The highest BCUT2D eigenvalue weighted by Crippen LogP contribution is 2.47. The minimum atomic E-state index is -1.44. The Labute approximate surface area is 309 Å². The summed E-state index contributed by atoms with van der Waals surface area (Å²) in [6, 6.07) is -1.08. The largest absolute Gasteiger partial charge is 0.481 e. The molecule has 0 atom stereocenters. The maximum atomic E-state index is 14.1. The monoisotopic (exact) mass is 732 g/mol. The molecule has 4 fully saturated rings. The molecule has 14 nitrogen and oxygen atoms in total. The van der Waals surface area contributed by atoms with Crippen LogP contribution in [-0.2, 0) is 19.2 Å². The number of carbonyl (C=O) groups excluding carboxylic acids is 4. The van der Waals surface area contributed by atoms with E-state index in [4.69, 9.17) is 5.11 Å². The van der Waals surface area contributed by atoms with Crippen molar-refractivity contribution >= 4 is 35.8 Å². The van der Waals surface area contributed by atoms with Crippen LogP contribution in [0.3, 0.4) is 0 Å². The molecule has 294 valence electrons. The summed E-state index contributed by atoms with van der Waals surface area (Å²) in [6.07, 6.45) is 4.98. The molecule has 4 heterocycles. The van der Waals surface area contributed by atoms with Gasteiger partial charge in [0, 0.05) is 41.7 Å². The van der Waals surface area contributed by atoms with E-state index in [0.29, 0.717) is 51.4 Å². The fourth-order valence-corrected chi connectivity index (χ4v) is 10.0. The van der Waals surface area contributed by atoms with E-state index in [1.165, 1.54) is 0 Å². The molecule has 4 N–H and O–H groups in total. The van der Waals surface area contributed by atoms with Gasteiger partial charge in [-0.1, -0.05) is 25.7 Å². The average Bonchev–Trinajstić information content (AvgIpc) is 3.35. The summed E-state index contributed by atoms with van der Waals surface area (Å²) in [5.74, 6) is -2.67. The number of carboxylic acids is 2. The van der Waals surface area contributed by atoms with Crippen LogP contribution in [0.5, 0.6) is 0 Å². The van der Waals surface area contributed by atoms with Crippen LogP contribution >= 0.6 is 0 Å². The Hall–Kier alpha value is -3.26. The number of imide groups is 2. The summed E-state index contributed by atoms with van der Waals surface area (Å²) >= 11 is 0. The van der Waals surface area contributed by atoms with E-state index >= 15 is 0 Å². The maximum absolute atomic E-state index is 14.1. The van der Waals surface area contributed by atoms with Gasteiger partial charge in [0.05, 0.1) is 5.41 Å². The molecule has 0 unspecified atom stereocenters. The van der Waals surface area contributed by atoms with Crippen molar-refractivity contribution in [1.82, 2.24) is 30.2 Å². The van der Waals surface area contributed by atoms with Crippen LogP contribution in [0.4, 0.5) is 9.59 Å². The molecule has 0 bridgehead atoms.